The van der Waals surface area contributed by atoms with Crippen molar-refractivity contribution in [3.05, 3.63) is 45.4 Å². The maximum absolute atomic E-state index is 12.9. The minimum absolute atomic E-state index is 0.0206. The van der Waals surface area contributed by atoms with Crippen molar-refractivity contribution in [2.45, 2.75) is 39.7 Å². The van der Waals surface area contributed by atoms with Gasteiger partial charge in [0.05, 0.1) is 29.6 Å². The highest BCUT2D eigenvalue weighted by Crippen LogP contribution is 2.26. The predicted molar refractivity (Wildman–Crippen MR) is 109 cm³/mol. The highest BCUT2D eigenvalue weighted by molar-refractivity contribution is 7.11. The zero-order valence-corrected chi connectivity index (χ0v) is 17.3. The molecule has 1 aromatic heterocycles. The Morgan fingerprint density at radius 3 is 2.64 bits per heavy atom. The lowest BCUT2D eigenvalue weighted by Crippen LogP contribution is -2.56. The number of aryl methyl sites for hydroxylation is 3. The molecule has 2 heterocycles. The number of piperazine rings is 1. The molecular formula is C20H26N4O3S. The van der Waals surface area contributed by atoms with Crippen LogP contribution in [0.3, 0.4) is 0 Å². The van der Waals surface area contributed by atoms with Gasteiger partial charge in [0.2, 0.25) is 11.8 Å². The van der Waals surface area contributed by atoms with Gasteiger partial charge in [-0.05, 0) is 32.4 Å². The lowest BCUT2D eigenvalue weighted by Gasteiger charge is -2.43. The Morgan fingerprint density at radius 2 is 2.00 bits per heavy atom. The summed E-state index contributed by atoms with van der Waals surface area (Å²) >= 11 is 1.60. The molecule has 0 aliphatic carbocycles. The topological polar surface area (TPSA) is 85.8 Å². The molecule has 1 saturated heterocycles. The number of carbonyl (C=O) groups is 2. The Labute approximate surface area is 168 Å². The van der Waals surface area contributed by atoms with Crippen LogP contribution >= 0.6 is 11.3 Å². The quantitative estimate of drug-likeness (QED) is 0.592. The summed E-state index contributed by atoms with van der Waals surface area (Å²) in [7, 11) is 0. The van der Waals surface area contributed by atoms with Gasteiger partial charge in [-0.3, -0.25) is 14.8 Å². The molecule has 1 aliphatic rings. The molecule has 8 heteroatoms. The van der Waals surface area contributed by atoms with Gasteiger partial charge >= 0.3 is 0 Å². The molecular weight excluding hydrogens is 376 g/mol. The standard InChI is InChI=1S/C20H26N4O3S/c1-13-6-4-5-7-18(13)24-9-8-23(12-16(24)10-19(25)22-27)20(26)11-17-14(2)28-15(3)21-17/h4-7,16,27H,8-12H2,1-3H3,(H,22,25). The van der Waals surface area contributed by atoms with E-state index in [1.54, 1.807) is 21.7 Å². The molecule has 1 atom stereocenters. The smallest absolute Gasteiger partial charge is 0.245 e. The zero-order valence-electron chi connectivity index (χ0n) is 16.4. The van der Waals surface area contributed by atoms with Crippen molar-refractivity contribution in [1.29, 1.82) is 0 Å². The Balaban J connectivity index is 1.76. The van der Waals surface area contributed by atoms with E-state index in [9.17, 15) is 9.59 Å². The third-order valence-electron chi connectivity index (χ3n) is 5.12. The molecule has 150 valence electrons. The van der Waals surface area contributed by atoms with Gasteiger partial charge in [-0.25, -0.2) is 10.5 Å². The number of anilines is 1. The second-order valence-electron chi connectivity index (χ2n) is 7.13. The summed E-state index contributed by atoms with van der Waals surface area (Å²) in [5.41, 5.74) is 4.72. The Morgan fingerprint density at radius 1 is 1.25 bits per heavy atom. The second kappa shape index (κ2) is 8.70. The third kappa shape index (κ3) is 4.51. The summed E-state index contributed by atoms with van der Waals surface area (Å²) in [4.78, 5) is 34.2. The Bertz CT molecular complexity index is 867. The number of para-hydroxylation sites is 1. The number of benzene rings is 1. The maximum atomic E-state index is 12.9. The SMILES string of the molecule is Cc1nc(CC(=O)N2CCN(c3ccccc3C)C(CC(=O)NO)C2)c(C)s1. The first-order valence-corrected chi connectivity index (χ1v) is 10.2. The molecule has 2 aromatic rings. The first kappa shape index (κ1) is 20.3. The van der Waals surface area contributed by atoms with Crippen molar-refractivity contribution in [3.63, 3.8) is 0 Å². The number of nitrogens with zero attached hydrogens (tertiary/aromatic N) is 3. The van der Waals surface area contributed by atoms with Crippen LogP contribution in [0.15, 0.2) is 24.3 Å². The zero-order chi connectivity index (χ0) is 20.3. The van der Waals surface area contributed by atoms with E-state index >= 15 is 0 Å². The molecule has 7 nitrogen and oxygen atoms in total. The molecule has 2 amide bonds. The lowest BCUT2D eigenvalue weighted by atomic mass is 10.0. The first-order chi connectivity index (χ1) is 13.4. The average Bonchev–Trinajstić information content (AvgIpc) is 2.99. The average molecular weight is 403 g/mol. The van der Waals surface area contributed by atoms with Gasteiger partial charge in [0.1, 0.15) is 0 Å². The first-order valence-electron chi connectivity index (χ1n) is 9.35. The molecule has 1 aromatic carbocycles. The van der Waals surface area contributed by atoms with Crippen LogP contribution in [0.5, 0.6) is 0 Å². The molecule has 1 unspecified atom stereocenters. The number of carbonyl (C=O) groups excluding carboxylic acids is 2. The van der Waals surface area contributed by atoms with E-state index in [0.29, 0.717) is 19.6 Å². The number of hydroxylamine groups is 1. The van der Waals surface area contributed by atoms with Gasteiger partial charge in [0.25, 0.3) is 0 Å². The molecule has 0 saturated carbocycles. The van der Waals surface area contributed by atoms with Gasteiger partial charge in [-0.15, -0.1) is 11.3 Å². The van der Waals surface area contributed by atoms with Crippen LogP contribution in [-0.4, -0.2) is 52.6 Å². The summed E-state index contributed by atoms with van der Waals surface area (Å²) < 4.78 is 0. The molecule has 28 heavy (non-hydrogen) atoms. The highest BCUT2D eigenvalue weighted by Gasteiger charge is 2.32. The van der Waals surface area contributed by atoms with E-state index in [1.165, 1.54) is 0 Å². The molecule has 0 bridgehead atoms. The van der Waals surface area contributed by atoms with E-state index < -0.39 is 5.91 Å². The normalized spacial score (nSPS) is 16.9. The summed E-state index contributed by atoms with van der Waals surface area (Å²) in [5.74, 6) is -0.434. The number of hydrogen-bond donors (Lipinski definition) is 2. The van der Waals surface area contributed by atoms with E-state index in [2.05, 4.69) is 9.88 Å². The minimum Gasteiger partial charge on any atom is -0.364 e. The van der Waals surface area contributed by atoms with Crippen LogP contribution in [0.1, 0.15) is 27.6 Å². The van der Waals surface area contributed by atoms with Crippen molar-refractivity contribution < 1.29 is 14.8 Å². The van der Waals surface area contributed by atoms with Gasteiger partial charge in [0, 0.05) is 30.2 Å². The third-order valence-corrected chi connectivity index (χ3v) is 6.05. The van der Waals surface area contributed by atoms with E-state index in [0.717, 1.165) is 26.8 Å². The fourth-order valence-electron chi connectivity index (χ4n) is 3.71. The van der Waals surface area contributed by atoms with Crippen LogP contribution in [0, 0.1) is 20.8 Å². The van der Waals surface area contributed by atoms with E-state index in [1.807, 2.05) is 45.0 Å². The van der Waals surface area contributed by atoms with Crippen LogP contribution in [0.2, 0.25) is 0 Å². The number of amides is 2. The van der Waals surface area contributed by atoms with Crippen molar-refractivity contribution in [2.24, 2.45) is 0 Å². The largest absolute Gasteiger partial charge is 0.364 e. The number of aromatic nitrogens is 1. The van der Waals surface area contributed by atoms with Crippen LogP contribution in [0.25, 0.3) is 0 Å². The van der Waals surface area contributed by atoms with Crippen molar-refractivity contribution in [2.75, 3.05) is 24.5 Å². The Kier molecular flexibility index (Phi) is 6.31. The molecule has 1 fully saturated rings. The van der Waals surface area contributed by atoms with Gasteiger partial charge in [-0.2, -0.15) is 0 Å². The highest BCUT2D eigenvalue weighted by atomic mass is 32.1. The van der Waals surface area contributed by atoms with Gasteiger partial charge in [-0.1, -0.05) is 18.2 Å². The van der Waals surface area contributed by atoms with Crippen LogP contribution in [0.4, 0.5) is 5.69 Å². The number of thiazole rings is 1. The minimum atomic E-state index is -0.455. The fourth-order valence-corrected chi connectivity index (χ4v) is 4.54. The summed E-state index contributed by atoms with van der Waals surface area (Å²) in [6.07, 6.45) is 0.392. The summed E-state index contributed by atoms with van der Waals surface area (Å²) in [6.45, 7) is 7.61. The summed E-state index contributed by atoms with van der Waals surface area (Å²) in [6, 6.07) is 7.80. The summed E-state index contributed by atoms with van der Waals surface area (Å²) in [5, 5.41) is 9.93. The molecule has 0 radical (unpaired) electrons. The number of rotatable bonds is 5. The molecule has 3 rings (SSSR count). The van der Waals surface area contributed by atoms with Crippen LogP contribution in [-0.2, 0) is 16.0 Å². The second-order valence-corrected chi connectivity index (χ2v) is 8.53. The number of hydrogen-bond acceptors (Lipinski definition) is 6. The lowest BCUT2D eigenvalue weighted by molar-refractivity contribution is -0.133. The van der Waals surface area contributed by atoms with E-state index in [-0.39, 0.29) is 24.8 Å². The molecule has 1 aliphatic heterocycles. The van der Waals surface area contributed by atoms with Gasteiger partial charge in [0.15, 0.2) is 0 Å². The monoisotopic (exact) mass is 402 g/mol. The van der Waals surface area contributed by atoms with E-state index in [4.69, 9.17) is 5.21 Å². The van der Waals surface area contributed by atoms with Crippen molar-refractivity contribution in [3.8, 4) is 0 Å². The molecule has 0 spiro atoms. The van der Waals surface area contributed by atoms with Crippen molar-refractivity contribution in [1.82, 2.24) is 15.4 Å². The van der Waals surface area contributed by atoms with Crippen molar-refractivity contribution >= 4 is 28.8 Å². The predicted octanol–water partition coefficient (Wildman–Crippen LogP) is 2.22. The Hall–Kier alpha value is -2.45. The number of nitrogens with one attached hydrogen (secondary N) is 1. The maximum Gasteiger partial charge on any atom is 0.245 e. The molecule has 2 N–H and O–H groups in total. The fraction of sp³-hybridized carbons (Fsp3) is 0.450. The van der Waals surface area contributed by atoms with Crippen LogP contribution < -0.4 is 10.4 Å². The van der Waals surface area contributed by atoms with Gasteiger partial charge < -0.3 is 9.80 Å².